The van der Waals surface area contributed by atoms with Crippen LogP contribution < -0.4 is 5.32 Å². The average Bonchev–Trinajstić information content (AvgIpc) is 2.59. The number of nitrogens with zero attached hydrogens (tertiary/aromatic N) is 1. The zero-order valence-corrected chi connectivity index (χ0v) is 13.6. The van der Waals surface area contributed by atoms with Crippen LogP contribution in [0.5, 0.6) is 0 Å². The normalized spacial score (nSPS) is 11.1. The number of hydrogen-bond acceptors (Lipinski definition) is 4. The van der Waals surface area contributed by atoms with Gasteiger partial charge in [-0.25, -0.2) is 8.42 Å². The molecule has 1 N–H and O–H groups in total. The standard InChI is InChI=1S/C17H20N2O3S/c20-17(19-13-6-8-15-7-4-5-12-18-15)11-14-23(21,22)16-9-2-1-3-10-16/h1-5,7,9-10,12H,6,8,11,13-14H2,(H,19,20). The molecule has 1 heterocycles. The third-order valence-electron chi connectivity index (χ3n) is 3.36. The van der Waals surface area contributed by atoms with Gasteiger partial charge in [-0.1, -0.05) is 24.3 Å². The molecule has 5 nitrogen and oxygen atoms in total. The lowest BCUT2D eigenvalue weighted by atomic mass is 10.2. The van der Waals surface area contributed by atoms with Crippen LogP contribution in [-0.2, 0) is 21.1 Å². The summed E-state index contributed by atoms with van der Waals surface area (Å²) in [7, 11) is -3.40. The van der Waals surface area contributed by atoms with Crippen molar-refractivity contribution in [1.82, 2.24) is 10.3 Å². The number of nitrogens with one attached hydrogen (secondary N) is 1. The second-order valence-electron chi connectivity index (χ2n) is 5.16. The molecule has 0 aliphatic heterocycles. The average molecular weight is 332 g/mol. The Morgan fingerprint density at radius 3 is 2.48 bits per heavy atom. The van der Waals surface area contributed by atoms with Crippen LogP contribution in [-0.4, -0.2) is 31.6 Å². The molecule has 0 radical (unpaired) electrons. The minimum absolute atomic E-state index is 0.0270. The van der Waals surface area contributed by atoms with Crippen LogP contribution in [0.1, 0.15) is 18.5 Å². The Labute approximate surface area is 136 Å². The summed E-state index contributed by atoms with van der Waals surface area (Å²) in [6.07, 6.45) is 3.26. The van der Waals surface area contributed by atoms with E-state index in [4.69, 9.17) is 0 Å². The van der Waals surface area contributed by atoms with E-state index in [9.17, 15) is 13.2 Å². The molecule has 2 rings (SSSR count). The molecule has 1 aromatic carbocycles. The van der Waals surface area contributed by atoms with Gasteiger partial charge in [0, 0.05) is 24.9 Å². The summed E-state index contributed by atoms with van der Waals surface area (Å²) >= 11 is 0. The van der Waals surface area contributed by atoms with Gasteiger partial charge >= 0.3 is 0 Å². The van der Waals surface area contributed by atoms with Crippen LogP contribution in [0, 0.1) is 0 Å². The molecule has 1 amide bonds. The highest BCUT2D eigenvalue weighted by atomic mass is 32.2. The Bertz CT molecular complexity index is 716. The summed E-state index contributed by atoms with van der Waals surface area (Å²) in [4.78, 5) is 16.2. The van der Waals surface area contributed by atoms with Crippen LogP contribution in [0.3, 0.4) is 0 Å². The number of amides is 1. The first-order valence-electron chi connectivity index (χ1n) is 7.52. The Morgan fingerprint density at radius 1 is 1.04 bits per heavy atom. The van der Waals surface area contributed by atoms with Crippen molar-refractivity contribution in [1.29, 1.82) is 0 Å². The first kappa shape index (κ1) is 17.1. The number of hydrogen-bond donors (Lipinski definition) is 1. The van der Waals surface area contributed by atoms with Gasteiger partial charge in [-0.2, -0.15) is 0 Å². The highest BCUT2D eigenvalue weighted by Crippen LogP contribution is 2.10. The highest BCUT2D eigenvalue weighted by Gasteiger charge is 2.15. The first-order valence-corrected chi connectivity index (χ1v) is 9.17. The molecule has 1 aromatic heterocycles. The summed E-state index contributed by atoms with van der Waals surface area (Å²) in [6, 6.07) is 13.9. The number of rotatable bonds is 8. The van der Waals surface area contributed by atoms with E-state index in [1.54, 1.807) is 36.5 Å². The van der Waals surface area contributed by atoms with Crippen molar-refractivity contribution in [2.45, 2.75) is 24.2 Å². The maximum absolute atomic E-state index is 12.1. The Morgan fingerprint density at radius 2 is 1.78 bits per heavy atom. The molecule has 0 aliphatic rings. The van der Waals surface area contributed by atoms with Gasteiger partial charge in [0.05, 0.1) is 10.6 Å². The Hall–Kier alpha value is -2.21. The molecular weight excluding hydrogens is 312 g/mol. The van der Waals surface area contributed by atoms with Crippen LogP contribution in [0.4, 0.5) is 0 Å². The largest absolute Gasteiger partial charge is 0.356 e. The maximum atomic E-state index is 12.1. The second kappa shape index (κ2) is 8.43. The van der Waals surface area contributed by atoms with Gasteiger partial charge < -0.3 is 5.32 Å². The Kier molecular flexibility index (Phi) is 6.29. The minimum Gasteiger partial charge on any atom is -0.356 e. The van der Waals surface area contributed by atoms with Gasteiger partial charge in [0.25, 0.3) is 0 Å². The van der Waals surface area contributed by atoms with Gasteiger partial charge in [0.2, 0.25) is 5.91 Å². The molecule has 0 aliphatic carbocycles. The number of carbonyl (C=O) groups excluding carboxylic acids is 1. The van der Waals surface area contributed by atoms with E-state index in [0.29, 0.717) is 6.54 Å². The smallest absolute Gasteiger partial charge is 0.221 e. The molecule has 0 spiro atoms. The summed E-state index contributed by atoms with van der Waals surface area (Å²) in [5.74, 6) is -0.422. The number of carbonyl (C=O) groups is 1. The van der Waals surface area contributed by atoms with Crippen molar-refractivity contribution >= 4 is 15.7 Å². The molecule has 122 valence electrons. The molecule has 0 fully saturated rings. The van der Waals surface area contributed by atoms with Crippen molar-refractivity contribution in [3.05, 3.63) is 60.4 Å². The number of aromatic nitrogens is 1. The summed E-state index contributed by atoms with van der Waals surface area (Å²) in [5, 5.41) is 2.75. The topological polar surface area (TPSA) is 76.1 Å². The lowest BCUT2D eigenvalue weighted by Gasteiger charge is -2.06. The van der Waals surface area contributed by atoms with Gasteiger partial charge in [0.1, 0.15) is 0 Å². The number of pyridine rings is 1. The second-order valence-corrected chi connectivity index (χ2v) is 7.27. The van der Waals surface area contributed by atoms with Crippen molar-refractivity contribution in [2.75, 3.05) is 12.3 Å². The predicted molar refractivity (Wildman–Crippen MR) is 88.7 cm³/mol. The fraction of sp³-hybridized carbons (Fsp3) is 0.294. The van der Waals surface area contributed by atoms with E-state index in [-0.39, 0.29) is 23.0 Å². The van der Waals surface area contributed by atoms with Gasteiger partial charge in [-0.05, 0) is 37.1 Å². The summed E-state index contributed by atoms with van der Waals surface area (Å²) in [5.41, 5.74) is 0.980. The number of benzene rings is 1. The molecule has 6 heteroatoms. The van der Waals surface area contributed by atoms with E-state index < -0.39 is 9.84 Å². The fourth-order valence-corrected chi connectivity index (χ4v) is 3.37. The van der Waals surface area contributed by atoms with Crippen molar-refractivity contribution in [3.8, 4) is 0 Å². The Balaban J connectivity index is 1.69. The van der Waals surface area contributed by atoms with Crippen LogP contribution in [0.2, 0.25) is 0 Å². The molecular formula is C17H20N2O3S. The maximum Gasteiger partial charge on any atom is 0.221 e. The van der Waals surface area contributed by atoms with E-state index in [1.165, 1.54) is 0 Å². The van der Waals surface area contributed by atoms with E-state index >= 15 is 0 Å². The molecule has 23 heavy (non-hydrogen) atoms. The summed E-state index contributed by atoms with van der Waals surface area (Å²) in [6.45, 7) is 0.515. The van der Waals surface area contributed by atoms with E-state index in [1.807, 2.05) is 18.2 Å². The molecule has 2 aromatic rings. The van der Waals surface area contributed by atoms with E-state index in [0.717, 1.165) is 18.5 Å². The molecule has 0 bridgehead atoms. The van der Waals surface area contributed by atoms with Crippen molar-refractivity contribution < 1.29 is 13.2 Å². The molecule has 0 saturated carbocycles. The fourth-order valence-electron chi connectivity index (χ4n) is 2.10. The van der Waals surface area contributed by atoms with Gasteiger partial charge in [0.15, 0.2) is 9.84 Å². The third-order valence-corrected chi connectivity index (χ3v) is 5.09. The van der Waals surface area contributed by atoms with Crippen LogP contribution in [0.25, 0.3) is 0 Å². The summed E-state index contributed by atoms with van der Waals surface area (Å²) < 4.78 is 24.1. The predicted octanol–water partition coefficient (Wildman–Crippen LogP) is 1.99. The van der Waals surface area contributed by atoms with Gasteiger partial charge in [-0.3, -0.25) is 9.78 Å². The quantitative estimate of drug-likeness (QED) is 0.750. The monoisotopic (exact) mass is 332 g/mol. The minimum atomic E-state index is -3.40. The third kappa shape index (κ3) is 5.83. The SMILES string of the molecule is O=C(CCS(=O)(=O)c1ccccc1)NCCCc1ccccn1. The lowest BCUT2D eigenvalue weighted by molar-refractivity contribution is -0.120. The number of sulfone groups is 1. The molecule has 0 atom stereocenters. The van der Waals surface area contributed by atoms with E-state index in [2.05, 4.69) is 10.3 Å². The zero-order chi connectivity index (χ0) is 16.5. The van der Waals surface area contributed by atoms with Crippen LogP contribution >= 0.6 is 0 Å². The van der Waals surface area contributed by atoms with Crippen molar-refractivity contribution in [2.24, 2.45) is 0 Å². The van der Waals surface area contributed by atoms with Gasteiger partial charge in [-0.15, -0.1) is 0 Å². The highest BCUT2D eigenvalue weighted by molar-refractivity contribution is 7.91. The zero-order valence-electron chi connectivity index (χ0n) is 12.8. The lowest BCUT2D eigenvalue weighted by Crippen LogP contribution is -2.26. The molecule has 0 unspecified atom stereocenters. The first-order chi connectivity index (χ1) is 11.1. The number of aryl methyl sites for hydroxylation is 1. The molecule has 0 saturated heterocycles. The van der Waals surface area contributed by atoms with Crippen LogP contribution in [0.15, 0.2) is 59.6 Å². The van der Waals surface area contributed by atoms with Crippen molar-refractivity contribution in [3.63, 3.8) is 0 Å².